The van der Waals surface area contributed by atoms with Crippen molar-refractivity contribution < 1.29 is 4.74 Å². The van der Waals surface area contributed by atoms with Gasteiger partial charge in [0.2, 0.25) is 0 Å². The summed E-state index contributed by atoms with van der Waals surface area (Å²) in [6.07, 6.45) is 8.15. The Balaban J connectivity index is 1.61. The summed E-state index contributed by atoms with van der Waals surface area (Å²) in [5.41, 5.74) is 0. The first-order valence-electron chi connectivity index (χ1n) is 6.87. The van der Waals surface area contributed by atoms with Gasteiger partial charge in [0, 0.05) is 12.9 Å². The van der Waals surface area contributed by atoms with Crippen LogP contribution in [0.3, 0.4) is 0 Å². The predicted molar refractivity (Wildman–Crippen MR) is 72.6 cm³/mol. The van der Waals surface area contributed by atoms with Crippen molar-refractivity contribution in [1.29, 1.82) is 0 Å². The van der Waals surface area contributed by atoms with Crippen molar-refractivity contribution >= 4 is 16.9 Å². The second-order valence-corrected chi connectivity index (χ2v) is 6.47. The summed E-state index contributed by atoms with van der Waals surface area (Å²) in [7, 11) is 1.83. The van der Waals surface area contributed by atoms with Crippen LogP contribution in [0.1, 0.15) is 38.5 Å². The van der Waals surface area contributed by atoms with Gasteiger partial charge in [0.25, 0.3) is 0 Å². The third-order valence-electron chi connectivity index (χ3n) is 4.40. The van der Waals surface area contributed by atoms with E-state index in [-0.39, 0.29) is 0 Å². The van der Waals surface area contributed by atoms with Crippen molar-refractivity contribution in [2.75, 3.05) is 12.9 Å². The number of nitrogens with one attached hydrogen (secondary N) is 1. The van der Waals surface area contributed by atoms with Crippen LogP contribution in [-0.4, -0.2) is 36.2 Å². The van der Waals surface area contributed by atoms with Crippen molar-refractivity contribution in [2.24, 2.45) is 10.9 Å². The zero-order chi connectivity index (χ0) is 11.7. The van der Waals surface area contributed by atoms with Crippen molar-refractivity contribution in [3.05, 3.63) is 0 Å². The number of hydrogen-bond donors (Lipinski definition) is 1. The molecule has 96 valence electrons. The molecule has 2 fully saturated rings. The van der Waals surface area contributed by atoms with E-state index in [1.807, 2.05) is 18.9 Å². The summed E-state index contributed by atoms with van der Waals surface area (Å²) >= 11 is 1.92. The SMILES string of the molecule is COC1CCCC1NC1=NC2CCCC2CS1. The molecule has 3 aliphatic rings. The first-order chi connectivity index (χ1) is 8.36. The molecule has 0 aromatic rings. The molecule has 2 saturated carbocycles. The van der Waals surface area contributed by atoms with Crippen LogP contribution in [0.15, 0.2) is 4.99 Å². The molecule has 17 heavy (non-hydrogen) atoms. The fourth-order valence-corrected chi connectivity index (χ4v) is 4.57. The van der Waals surface area contributed by atoms with Gasteiger partial charge >= 0.3 is 0 Å². The molecule has 2 aliphatic carbocycles. The molecule has 0 radical (unpaired) electrons. The van der Waals surface area contributed by atoms with Gasteiger partial charge in [0.1, 0.15) is 0 Å². The van der Waals surface area contributed by atoms with Crippen LogP contribution in [0.5, 0.6) is 0 Å². The molecule has 0 bridgehead atoms. The van der Waals surface area contributed by atoms with Gasteiger partial charge in [0.15, 0.2) is 5.17 Å². The Morgan fingerprint density at radius 2 is 2.12 bits per heavy atom. The Kier molecular flexibility index (Phi) is 3.61. The van der Waals surface area contributed by atoms with E-state index < -0.39 is 0 Å². The molecule has 3 nitrogen and oxygen atoms in total. The van der Waals surface area contributed by atoms with Gasteiger partial charge in [-0.1, -0.05) is 18.2 Å². The van der Waals surface area contributed by atoms with Crippen LogP contribution in [0.25, 0.3) is 0 Å². The highest BCUT2D eigenvalue weighted by molar-refractivity contribution is 8.13. The largest absolute Gasteiger partial charge is 0.379 e. The number of aliphatic imine (C=N–C) groups is 1. The number of amidine groups is 1. The van der Waals surface area contributed by atoms with Crippen LogP contribution in [0.2, 0.25) is 0 Å². The summed E-state index contributed by atoms with van der Waals surface area (Å²) in [5, 5.41) is 4.80. The quantitative estimate of drug-likeness (QED) is 0.821. The molecule has 1 heterocycles. The molecule has 0 spiro atoms. The topological polar surface area (TPSA) is 33.6 Å². The molecule has 1 N–H and O–H groups in total. The highest BCUT2D eigenvalue weighted by Crippen LogP contribution is 2.35. The van der Waals surface area contributed by atoms with Gasteiger partial charge in [-0.2, -0.15) is 0 Å². The Bertz CT molecular complexity index is 308. The van der Waals surface area contributed by atoms with Crippen LogP contribution in [0, 0.1) is 5.92 Å². The molecule has 4 unspecified atom stereocenters. The van der Waals surface area contributed by atoms with Crippen molar-refractivity contribution in [1.82, 2.24) is 5.32 Å². The zero-order valence-electron chi connectivity index (χ0n) is 10.5. The van der Waals surface area contributed by atoms with Crippen LogP contribution in [-0.2, 0) is 4.74 Å². The standard InChI is InChI=1S/C13H22N2OS/c1-16-12-7-3-6-11(12)15-13-14-10-5-2-4-9(10)8-17-13/h9-12H,2-8H2,1H3,(H,14,15). The number of thioether (sulfide) groups is 1. The molecule has 4 heteroatoms. The minimum absolute atomic E-state index is 0.389. The lowest BCUT2D eigenvalue weighted by Crippen LogP contribution is -2.41. The number of methoxy groups -OCH3 is 1. The van der Waals surface area contributed by atoms with Gasteiger partial charge in [0.05, 0.1) is 18.2 Å². The van der Waals surface area contributed by atoms with Crippen molar-refractivity contribution in [3.8, 4) is 0 Å². The predicted octanol–water partition coefficient (Wildman–Crippen LogP) is 2.42. The first-order valence-corrected chi connectivity index (χ1v) is 7.85. The molecule has 0 aromatic carbocycles. The summed E-state index contributed by atoms with van der Waals surface area (Å²) in [6.45, 7) is 0. The highest BCUT2D eigenvalue weighted by Gasteiger charge is 2.33. The minimum Gasteiger partial charge on any atom is -0.379 e. The molecular weight excluding hydrogens is 232 g/mol. The third-order valence-corrected chi connectivity index (χ3v) is 5.49. The van der Waals surface area contributed by atoms with E-state index in [0.29, 0.717) is 18.2 Å². The molecule has 1 aliphatic heterocycles. The fraction of sp³-hybridized carbons (Fsp3) is 0.923. The monoisotopic (exact) mass is 254 g/mol. The molecule has 0 aromatic heterocycles. The molecular formula is C13H22N2OS. The number of nitrogens with zero attached hydrogens (tertiary/aromatic N) is 1. The molecule has 3 rings (SSSR count). The first kappa shape index (κ1) is 11.8. The average molecular weight is 254 g/mol. The third kappa shape index (κ3) is 2.48. The normalized spacial score (nSPS) is 41.1. The van der Waals surface area contributed by atoms with Crippen molar-refractivity contribution in [2.45, 2.75) is 56.7 Å². The van der Waals surface area contributed by atoms with Gasteiger partial charge < -0.3 is 10.1 Å². The fourth-order valence-electron chi connectivity index (χ4n) is 3.37. The Morgan fingerprint density at radius 1 is 1.24 bits per heavy atom. The van der Waals surface area contributed by atoms with Gasteiger partial charge in [-0.05, 0) is 38.0 Å². The minimum atomic E-state index is 0.389. The lowest BCUT2D eigenvalue weighted by Gasteiger charge is -2.27. The molecule has 4 atom stereocenters. The van der Waals surface area contributed by atoms with Crippen LogP contribution >= 0.6 is 11.8 Å². The summed E-state index contributed by atoms with van der Waals surface area (Å²) in [5.74, 6) is 2.12. The zero-order valence-corrected chi connectivity index (χ0v) is 11.3. The van der Waals surface area contributed by atoms with E-state index in [0.717, 1.165) is 5.92 Å². The van der Waals surface area contributed by atoms with Gasteiger partial charge in [-0.3, -0.25) is 4.99 Å². The maximum absolute atomic E-state index is 5.53. The summed E-state index contributed by atoms with van der Waals surface area (Å²) < 4.78 is 5.53. The maximum atomic E-state index is 5.53. The highest BCUT2D eigenvalue weighted by atomic mass is 32.2. The van der Waals surface area contributed by atoms with Crippen LogP contribution in [0.4, 0.5) is 0 Å². The number of rotatable bonds is 2. The number of ether oxygens (including phenoxy) is 1. The van der Waals surface area contributed by atoms with Crippen LogP contribution < -0.4 is 5.32 Å². The lowest BCUT2D eigenvalue weighted by atomic mass is 10.1. The van der Waals surface area contributed by atoms with E-state index in [2.05, 4.69) is 5.32 Å². The van der Waals surface area contributed by atoms with E-state index in [1.165, 1.54) is 49.4 Å². The van der Waals surface area contributed by atoms with E-state index in [1.54, 1.807) is 0 Å². The van der Waals surface area contributed by atoms with E-state index in [9.17, 15) is 0 Å². The second kappa shape index (κ2) is 5.19. The van der Waals surface area contributed by atoms with Crippen molar-refractivity contribution in [3.63, 3.8) is 0 Å². The number of hydrogen-bond acceptors (Lipinski definition) is 4. The Hall–Kier alpha value is -0.220. The van der Waals surface area contributed by atoms with Gasteiger partial charge in [-0.15, -0.1) is 0 Å². The van der Waals surface area contributed by atoms with E-state index >= 15 is 0 Å². The Morgan fingerprint density at radius 3 is 3.00 bits per heavy atom. The van der Waals surface area contributed by atoms with E-state index in [4.69, 9.17) is 9.73 Å². The van der Waals surface area contributed by atoms with Gasteiger partial charge in [-0.25, -0.2) is 0 Å². The number of fused-ring (bicyclic) bond motifs is 1. The lowest BCUT2D eigenvalue weighted by molar-refractivity contribution is 0.0909. The maximum Gasteiger partial charge on any atom is 0.157 e. The summed E-state index contributed by atoms with van der Waals surface area (Å²) in [6, 6.07) is 1.10. The molecule has 0 amide bonds. The summed E-state index contributed by atoms with van der Waals surface area (Å²) in [4.78, 5) is 4.89. The Labute approximate surface area is 108 Å². The molecule has 0 saturated heterocycles. The average Bonchev–Trinajstić information content (AvgIpc) is 2.96. The second-order valence-electron chi connectivity index (χ2n) is 5.46. The smallest absolute Gasteiger partial charge is 0.157 e.